The third-order valence-corrected chi connectivity index (χ3v) is 4.60. The lowest BCUT2D eigenvalue weighted by atomic mass is 9.95. The van der Waals surface area contributed by atoms with E-state index in [1.165, 1.54) is 0 Å². The van der Waals surface area contributed by atoms with Crippen molar-refractivity contribution >= 4 is 0 Å². The first-order valence-electron chi connectivity index (χ1n) is 7.93. The molecule has 5 nitrogen and oxygen atoms in total. The highest BCUT2D eigenvalue weighted by atomic mass is 16.6. The maximum absolute atomic E-state index is 9.93. The molecule has 1 aliphatic heterocycles. The Morgan fingerprint density at radius 1 is 1.17 bits per heavy atom. The maximum atomic E-state index is 9.93. The molecule has 2 aromatic rings. The van der Waals surface area contributed by atoms with E-state index in [1.807, 2.05) is 36.5 Å². The molecule has 0 spiro atoms. The quantitative estimate of drug-likeness (QED) is 0.900. The lowest BCUT2D eigenvalue weighted by Crippen LogP contribution is -2.30. The third-order valence-electron chi connectivity index (χ3n) is 4.60. The second-order valence-electron chi connectivity index (χ2n) is 6.33. The van der Waals surface area contributed by atoms with Gasteiger partial charge in [0.25, 0.3) is 0 Å². The van der Waals surface area contributed by atoms with Gasteiger partial charge in [-0.15, -0.1) is 0 Å². The van der Waals surface area contributed by atoms with Crippen LogP contribution in [-0.2, 0) is 10.3 Å². The summed E-state index contributed by atoms with van der Waals surface area (Å²) in [5.41, 5.74) is 9.20. The van der Waals surface area contributed by atoms with Gasteiger partial charge in [0.05, 0.1) is 13.2 Å². The van der Waals surface area contributed by atoms with Gasteiger partial charge >= 0.3 is 0 Å². The highest BCUT2D eigenvalue weighted by Crippen LogP contribution is 2.47. The van der Waals surface area contributed by atoms with E-state index >= 15 is 0 Å². The summed E-state index contributed by atoms with van der Waals surface area (Å²) in [7, 11) is 0. The summed E-state index contributed by atoms with van der Waals surface area (Å²) in [5, 5.41) is 9.93. The van der Waals surface area contributed by atoms with Gasteiger partial charge in [-0.1, -0.05) is 18.2 Å². The van der Waals surface area contributed by atoms with E-state index in [1.54, 1.807) is 6.20 Å². The molecule has 1 saturated heterocycles. The minimum absolute atomic E-state index is 0.271. The summed E-state index contributed by atoms with van der Waals surface area (Å²) in [4.78, 5) is 4.24. The van der Waals surface area contributed by atoms with Gasteiger partial charge in [-0.2, -0.15) is 0 Å². The SMILES string of the molecule is NC1(c2cnccc2-c2ccccc2O[C@@H]2COC[C@H]2O)CC1. The molecule has 2 atom stereocenters. The lowest BCUT2D eigenvalue weighted by molar-refractivity contribution is 0.0737. The van der Waals surface area contributed by atoms with E-state index in [-0.39, 0.29) is 11.6 Å². The van der Waals surface area contributed by atoms with E-state index in [9.17, 15) is 5.11 Å². The second kappa shape index (κ2) is 5.60. The molecule has 5 heteroatoms. The Morgan fingerprint density at radius 3 is 2.74 bits per heavy atom. The minimum atomic E-state index is -0.593. The van der Waals surface area contributed by atoms with Crippen LogP contribution in [0, 0.1) is 0 Å². The smallest absolute Gasteiger partial charge is 0.150 e. The number of rotatable bonds is 4. The number of aromatic nitrogens is 1. The van der Waals surface area contributed by atoms with Gasteiger partial charge in [0.2, 0.25) is 0 Å². The fraction of sp³-hybridized carbons (Fsp3) is 0.389. The molecule has 1 saturated carbocycles. The second-order valence-corrected chi connectivity index (χ2v) is 6.33. The highest BCUT2D eigenvalue weighted by molar-refractivity contribution is 5.74. The fourth-order valence-electron chi connectivity index (χ4n) is 3.02. The molecule has 0 radical (unpaired) electrons. The van der Waals surface area contributed by atoms with Crippen LogP contribution in [0.5, 0.6) is 5.75 Å². The Bertz CT molecular complexity index is 715. The zero-order valence-electron chi connectivity index (χ0n) is 12.8. The normalized spacial score (nSPS) is 25.3. The van der Waals surface area contributed by atoms with Crippen LogP contribution in [0.25, 0.3) is 11.1 Å². The average molecular weight is 312 g/mol. The number of pyridine rings is 1. The van der Waals surface area contributed by atoms with Gasteiger partial charge in [0.1, 0.15) is 18.0 Å². The van der Waals surface area contributed by atoms with Crippen molar-refractivity contribution in [3.63, 3.8) is 0 Å². The van der Waals surface area contributed by atoms with Crippen LogP contribution in [0.15, 0.2) is 42.7 Å². The van der Waals surface area contributed by atoms with Crippen LogP contribution in [-0.4, -0.2) is 35.5 Å². The van der Waals surface area contributed by atoms with Gasteiger partial charge in [-0.05, 0) is 36.1 Å². The van der Waals surface area contributed by atoms with Crippen molar-refractivity contribution in [1.82, 2.24) is 4.98 Å². The lowest BCUT2D eigenvalue weighted by Gasteiger charge is -2.20. The molecule has 2 fully saturated rings. The van der Waals surface area contributed by atoms with E-state index in [0.717, 1.165) is 35.3 Å². The Balaban J connectivity index is 1.73. The number of nitrogens with zero attached hydrogens (tertiary/aromatic N) is 1. The van der Waals surface area contributed by atoms with Crippen molar-refractivity contribution in [2.24, 2.45) is 5.73 Å². The van der Waals surface area contributed by atoms with Gasteiger partial charge in [0.15, 0.2) is 0 Å². The van der Waals surface area contributed by atoms with Crippen LogP contribution >= 0.6 is 0 Å². The zero-order valence-corrected chi connectivity index (χ0v) is 12.8. The molecule has 1 aliphatic carbocycles. The summed E-state index contributed by atoms with van der Waals surface area (Å²) in [6, 6.07) is 9.82. The van der Waals surface area contributed by atoms with Gasteiger partial charge in [-0.25, -0.2) is 0 Å². The number of para-hydroxylation sites is 1. The van der Waals surface area contributed by atoms with Crippen LogP contribution in [0.2, 0.25) is 0 Å². The first-order chi connectivity index (χ1) is 11.2. The molecule has 0 bridgehead atoms. The molecule has 2 heterocycles. The summed E-state index contributed by atoms with van der Waals surface area (Å²) in [6.07, 6.45) is 4.65. The zero-order chi connectivity index (χ0) is 15.9. The first kappa shape index (κ1) is 14.6. The molecule has 1 aromatic carbocycles. The number of hydrogen-bond acceptors (Lipinski definition) is 5. The molecule has 4 rings (SSSR count). The summed E-state index contributed by atoms with van der Waals surface area (Å²) in [6.45, 7) is 0.721. The third kappa shape index (κ3) is 2.72. The average Bonchev–Trinajstić information content (AvgIpc) is 3.21. The molecular weight excluding hydrogens is 292 g/mol. The number of aliphatic hydroxyl groups is 1. The van der Waals surface area contributed by atoms with Crippen molar-refractivity contribution in [3.8, 4) is 16.9 Å². The van der Waals surface area contributed by atoms with Crippen LogP contribution in [0.3, 0.4) is 0 Å². The standard InChI is InChI=1S/C18H20N2O3/c19-18(6-7-18)14-9-20-8-5-12(14)13-3-1-2-4-16(13)23-17-11-22-10-15(17)21/h1-5,8-9,15,17,21H,6-7,10-11,19H2/t15-,17-/m1/s1. The van der Waals surface area contributed by atoms with Gasteiger partial charge in [-0.3, -0.25) is 4.98 Å². The Kier molecular flexibility index (Phi) is 3.56. The molecule has 2 aliphatic rings. The molecular formula is C18H20N2O3. The number of hydrogen-bond donors (Lipinski definition) is 2. The largest absolute Gasteiger partial charge is 0.485 e. The van der Waals surface area contributed by atoms with Crippen LogP contribution in [0.1, 0.15) is 18.4 Å². The molecule has 23 heavy (non-hydrogen) atoms. The molecule has 120 valence electrons. The summed E-state index contributed by atoms with van der Waals surface area (Å²) in [5.74, 6) is 0.735. The summed E-state index contributed by atoms with van der Waals surface area (Å²) < 4.78 is 11.3. The Hall–Kier alpha value is -1.95. The van der Waals surface area contributed by atoms with Crippen LogP contribution in [0.4, 0.5) is 0 Å². The predicted octanol–water partition coefficient (Wildman–Crippen LogP) is 1.83. The van der Waals surface area contributed by atoms with Crippen LogP contribution < -0.4 is 10.5 Å². The van der Waals surface area contributed by atoms with E-state index in [4.69, 9.17) is 15.2 Å². The maximum Gasteiger partial charge on any atom is 0.150 e. The van der Waals surface area contributed by atoms with Crippen molar-refractivity contribution in [2.45, 2.75) is 30.6 Å². The van der Waals surface area contributed by atoms with Gasteiger partial charge in [0, 0.05) is 23.5 Å². The van der Waals surface area contributed by atoms with E-state index < -0.39 is 6.10 Å². The van der Waals surface area contributed by atoms with Crippen molar-refractivity contribution in [2.75, 3.05) is 13.2 Å². The van der Waals surface area contributed by atoms with Gasteiger partial charge < -0.3 is 20.3 Å². The molecule has 0 amide bonds. The number of ether oxygens (including phenoxy) is 2. The Labute approximate surface area is 135 Å². The van der Waals surface area contributed by atoms with Crippen molar-refractivity contribution in [1.29, 1.82) is 0 Å². The fourth-order valence-corrected chi connectivity index (χ4v) is 3.02. The van der Waals surface area contributed by atoms with E-state index in [2.05, 4.69) is 4.98 Å². The van der Waals surface area contributed by atoms with Crippen molar-refractivity contribution < 1.29 is 14.6 Å². The highest BCUT2D eigenvalue weighted by Gasteiger charge is 2.42. The predicted molar refractivity (Wildman–Crippen MR) is 86.0 cm³/mol. The molecule has 1 aromatic heterocycles. The number of nitrogens with two attached hydrogens (primary N) is 1. The minimum Gasteiger partial charge on any atom is -0.485 e. The molecule has 0 unspecified atom stereocenters. The number of benzene rings is 1. The van der Waals surface area contributed by atoms with E-state index in [0.29, 0.717) is 13.2 Å². The number of aliphatic hydroxyl groups excluding tert-OH is 1. The van der Waals surface area contributed by atoms with Crippen molar-refractivity contribution in [3.05, 3.63) is 48.3 Å². The topological polar surface area (TPSA) is 77.6 Å². The molecule has 3 N–H and O–H groups in total. The summed E-state index contributed by atoms with van der Waals surface area (Å²) >= 11 is 0. The Morgan fingerprint density at radius 2 is 2.00 bits per heavy atom. The first-order valence-corrected chi connectivity index (χ1v) is 7.93. The monoisotopic (exact) mass is 312 g/mol.